The van der Waals surface area contributed by atoms with E-state index in [2.05, 4.69) is 0 Å². The normalized spacial score (nSPS) is 10.1. The Morgan fingerprint density at radius 3 is 2.06 bits per heavy atom. The second-order valence-corrected chi connectivity index (χ2v) is 3.81. The zero-order valence-electron chi connectivity index (χ0n) is 9.45. The van der Waals surface area contributed by atoms with E-state index in [0.717, 1.165) is 0 Å². The highest BCUT2D eigenvalue weighted by molar-refractivity contribution is 6.60. The predicted molar refractivity (Wildman–Crippen MR) is 68.7 cm³/mol. The first-order chi connectivity index (χ1) is 8.61. The molecule has 0 aliphatic carbocycles. The van der Waals surface area contributed by atoms with E-state index in [1.807, 2.05) is 0 Å². The molecule has 0 saturated heterocycles. The van der Waals surface area contributed by atoms with E-state index in [0.29, 0.717) is 11.1 Å². The summed E-state index contributed by atoms with van der Waals surface area (Å²) in [4.78, 5) is 11.2. The lowest BCUT2D eigenvalue weighted by atomic mass is 9.75. The van der Waals surface area contributed by atoms with Crippen molar-refractivity contribution in [3.63, 3.8) is 0 Å². The molecular weight excluding hydrogens is 231 g/mol. The van der Waals surface area contributed by atoms with Crippen LogP contribution >= 0.6 is 0 Å². The summed E-state index contributed by atoms with van der Waals surface area (Å²) >= 11 is 0. The molecule has 0 aliphatic rings. The molecular formula is C13H11BO4. The van der Waals surface area contributed by atoms with Gasteiger partial charge in [0, 0.05) is 0 Å². The summed E-state index contributed by atoms with van der Waals surface area (Å²) in [7, 11) is -1.64. The number of carbonyl (C=O) groups is 1. The van der Waals surface area contributed by atoms with Gasteiger partial charge in [0.2, 0.25) is 0 Å². The lowest BCUT2D eigenvalue weighted by Gasteiger charge is -2.11. The molecule has 0 bridgehead atoms. The number of hydrogen-bond donors (Lipinski definition) is 3. The van der Waals surface area contributed by atoms with Crippen molar-refractivity contribution < 1.29 is 19.9 Å². The van der Waals surface area contributed by atoms with Gasteiger partial charge in [-0.05, 0) is 22.7 Å². The summed E-state index contributed by atoms with van der Waals surface area (Å²) in [6.07, 6.45) is 0. The molecule has 0 saturated carbocycles. The Balaban J connectivity index is 2.66. The Morgan fingerprint density at radius 1 is 0.889 bits per heavy atom. The molecule has 0 atom stereocenters. The van der Waals surface area contributed by atoms with Gasteiger partial charge in [0.25, 0.3) is 0 Å². The van der Waals surface area contributed by atoms with E-state index in [-0.39, 0.29) is 11.0 Å². The summed E-state index contributed by atoms with van der Waals surface area (Å²) in [6.45, 7) is 0. The van der Waals surface area contributed by atoms with Crippen LogP contribution in [0.1, 0.15) is 10.4 Å². The van der Waals surface area contributed by atoms with Crippen molar-refractivity contribution in [3.05, 3.63) is 54.1 Å². The molecule has 2 aromatic carbocycles. The first kappa shape index (κ1) is 12.4. The molecule has 5 heteroatoms. The van der Waals surface area contributed by atoms with Crippen LogP contribution in [0.3, 0.4) is 0 Å². The van der Waals surface area contributed by atoms with Crippen molar-refractivity contribution in [3.8, 4) is 11.1 Å². The number of carboxylic acid groups (broad SMARTS) is 1. The van der Waals surface area contributed by atoms with E-state index in [4.69, 9.17) is 5.11 Å². The van der Waals surface area contributed by atoms with Gasteiger partial charge in [-0.15, -0.1) is 0 Å². The van der Waals surface area contributed by atoms with Gasteiger partial charge in [0.1, 0.15) is 0 Å². The minimum Gasteiger partial charge on any atom is -0.478 e. The number of hydrogen-bond acceptors (Lipinski definition) is 3. The second-order valence-electron chi connectivity index (χ2n) is 3.81. The van der Waals surface area contributed by atoms with E-state index in [1.54, 1.807) is 42.5 Å². The Labute approximate surface area is 104 Å². The number of aromatic carboxylic acids is 1. The molecule has 0 radical (unpaired) electrons. The number of rotatable bonds is 3. The Morgan fingerprint density at radius 2 is 1.44 bits per heavy atom. The van der Waals surface area contributed by atoms with E-state index < -0.39 is 13.1 Å². The molecule has 0 fully saturated rings. The summed E-state index contributed by atoms with van der Waals surface area (Å²) in [5, 5.41) is 27.7. The van der Waals surface area contributed by atoms with Gasteiger partial charge < -0.3 is 15.2 Å². The van der Waals surface area contributed by atoms with Crippen molar-refractivity contribution >= 4 is 18.6 Å². The van der Waals surface area contributed by atoms with Crippen LogP contribution in [-0.4, -0.2) is 28.2 Å². The molecule has 3 N–H and O–H groups in total. The van der Waals surface area contributed by atoms with Gasteiger partial charge >= 0.3 is 13.1 Å². The second kappa shape index (κ2) is 5.04. The molecule has 4 nitrogen and oxygen atoms in total. The smallest absolute Gasteiger partial charge is 0.478 e. The molecule has 0 unspecified atom stereocenters. The topological polar surface area (TPSA) is 77.8 Å². The molecule has 0 aromatic heterocycles. The lowest BCUT2D eigenvalue weighted by Crippen LogP contribution is -2.31. The van der Waals surface area contributed by atoms with Crippen LogP contribution in [0.15, 0.2) is 48.5 Å². The third-order valence-corrected chi connectivity index (χ3v) is 2.69. The summed E-state index contributed by atoms with van der Waals surface area (Å²) < 4.78 is 0. The first-order valence-corrected chi connectivity index (χ1v) is 5.39. The Kier molecular flexibility index (Phi) is 3.46. The third-order valence-electron chi connectivity index (χ3n) is 2.69. The number of benzene rings is 2. The summed E-state index contributed by atoms with van der Waals surface area (Å²) in [5.74, 6) is -1.05. The summed E-state index contributed by atoms with van der Waals surface area (Å²) in [5.41, 5.74) is 1.39. The standard InChI is InChI=1S/C13H11BO4/c15-13(16)11-7-2-1-5-9(11)10-6-3-4-8-12(10)14(17)18/h1-8,17-18H,(H,15,16). The van der Waals surface area contributed by atoms with Crippen LogP contribution in [0.25, 0.3) is 11.1 Å². The average Bonchev–Trinajstić information content (AvgIpc) is 2.38. The van der Waals surface area contributed by atoms with Crippen LogP contribution in [0.4, 0.5) is 0 Å². The van der Waals surface area contributed by atoms with Crippen molar-refractivity contribution in [1.82, 2.24) is 0 Å². The fourth-order valence-electron chi connectivity index (χ4n) is 1.87. The van der Waals surface area contributed by atoms with Crippen LogP contribution in [-0.2, 0) is 0 Å². The minimum absolute atomic E-state index is 0.130. The van der Waals surface area contributed by atoms with Gasteiger partial charge in [-0.1, -0.05) is 42.5 Å². The maximum atomic E-state index is 11.2. The molecule has 0 aliphatic heterocycles. The highest BCUT2D eigenvalue weighted by Gasteiger charge is 2.19. The van der Waals surface area contributed by atoms with Crippen LogP contribution < -0.4 is 5.46 Å². The number of carboxylic acids is 1. The first-order valence-electron chi connectivity index (χ1n) is 5.39. The Hall–Kier alpha value is -2.11. The maximum Gasteiger partial charge on any atom is 0.489 e. The fraction of sp³-hybridized carbons (Fsp3) is 0. The predicted octanol–water partition coefficient (Wildman–Crippen LogP) is 0.732. The third kappa shape index (κ3) is 2.27. The quantitative estimate of drug-likeness (QED) is 0.693. The molecule has 0 heterocycles. The van der Waals surface area contributed by atoms with E-state index >= 15 is 0 Å². The Bertz CT molecular complexity index is 581. The average molecular weight is 242 g/mol. The van der Waals surface area contributed by atoms with Crippen LogP contribution in [0.5, 0.6) is 0 Å². The van der Waals surface area contributed by atoms with Gasteiger partial charge in [-0.2, -0.15) is 0 Å². The van der Waals surface area contributed by atoms with Crippen molar-refractivity contribution in [1.29, 1.82) is 0 Å². The van der Waals surface area contributed by atoms with Crippen molar-refractivity contribution in [2.45, 2.75) is 0 Å². The minimum atomic E-state index is -1.64. The van der Waals surface area contributed by atoms with Crippen molar-refractivity contribution in [2.75, 3.05) is 0 Å². The largest absolute Gasteiger partial charge is 0.489 e. The monoisotopic (exact) mass is 242 g/mol. The van der Waals surface area contributed by atoms with E-state index in [9.17, 15) is 14.8 Å². The molecule has 2 aromatic rings. The fourth-order valence-corrected chi connectivity index (χ4v) is 1.87. The van der Waals surface area contributed by atoms with Crippen LogP contribution in [0.2, 0.25) is 0 Å². The molecule has 2 rings (SSSR count). The SMILES string of the molecule is O=C(O)c1ccccc1-c1ccccc1B(O)O. The lowest BCUT2D eigenvalue weighted by molar-refractivity contribution is 0.0697. The summed E-state index contributed by atoms with van der Waals surface area (Å²) in [6, 6.07) is 13.1. The zero-order valence-corrected chi connectivity index (χ0v) is 9.45. The molecule has 0 amide bonds. The van der Waals surface area contributed by atoms with Crippen LogP contribution in [0, 0.1) is 0 Å². The zero-order chi connectivity index (χ0) is 13.1. The highest BCUT2D eigenvalue weighted by Crippen LogP contribution is 2.22. The molecule has 0 spiro atoms. The van der Waals surface area contributed by atoms with E-state index in [1.165, 1.54) is 6.07 Å². The molecule has 90 valence electrons. The molecule has 18 heavy (non-hydrogen) atoms. The van der Waals surface area contributed by atoms with Gasteiger partial charge in [-0.3, -0.25) is 0 Å². The maximum absolute atomic E-state index is 11.2. The highest BCUT2D eigenvalue weighted by atomic mass is 16.4. The van der Waals surface area contributed by atoms with Gasteiger partial charge in [0.05, 0.1) is 5.56 Å². The van der Waals surface area contributed by atoms with Crippen molar-refractivity contribution in [2.24, 2.45) is 0 Å². The van der Waals surface area contributed by atoms with Gasteiger partial charge in [0.15, 0.2) is 0 Å². The van der Waals surface area contributed by atoms with Gasteiger partial charge in [-0.25, -0.2) is 4.79 Å².